The van der Waals surface area contributed by atoms with E-state index in [2.05, 4.69) is 4.99 Å². The second-order valence-corrected chi connectivity index (χ2v) is 10.7. The number of ether oxygens (including phenoxy) is 4. The Morgan fingerprint density at radius 1 is 0.976 bits per heavy atom. The Morgan fingerprint density at radius 2 is 1.69 bits per heavy atom. The summed E-state index contributed by atoms with van der Waals surface area (Å²) in [6.45, 7) is 5.08. The minimum atomic E-state index is -0.755. The van der Waals surface area contributed by atoms with E-state index >= 15 is 0 Å². The summed E-state index contributed by atoms with van der Waals surface area (Å²) >= 11 is 7.20. The van der Waals surface area contributed by atoms with Crippen molar-refractivity contribution in [2.45, 2.75) is 26.5 Å². The summed E-state index contributed by atoms with van der Waals surface area (Å²) < 4.78 is 24.4. The van der Waals surface area contributed by atoms with Gasteiger partial charge in [-0.15, -0.1) is 0 Å². The number of benzene rings is 3. The molecule has 5 rings (SSSR count). The van der Waals surface area contributed by atoms with Gasteiger partial charge in [0.15, 0.2) is 16.3 Å². The molecule has 0 fully saturated rings. The average Bonchev–Trinajstić information content (AvgIpc) is 3.32. The zero-order chi connectivity index (χ0) is 29.6. The number of thiazole rings is 1. The number of aromatic nitrogens is 1. The Hall–Kier alpha value is -4.34. The molecule has 0 saturated heterocycles. The van der Waals surface area contributed by atoms with E-state index in [1.54, 1.807) is 18.2 Å². The van der Waals surface area contributed by atoms with Gasteiger partial charge in [0.2, 0.25) is 0 Å². The van der Waals surface area contributed by atoms with Crippen LogP contribution in [-0.2, 0) is 16.1 Å². The molecule has 0 bridgehead atoms. The predicted molar refractivity (Wildman–Crippen MR) is 162 cm³/mol. The van der Waals surface area contributed by atoms with E-state index in [0.717, 1.165) is 11.1 Å². The van der Waals surface area contributed by atoms with Crippen LogP contribution < -0.4 is 29.1 Å². The highest BCUT2D eigenvalue weighted by molar-refractivity contribution is 7.07. The summed E-state index contributed by atoms with van der Waals surface area (Å²) in [5.74, 6) is 1.24. The highest BCUT2D eigenvalue weighted by Crippen LogP contribution is 2.35. The summed E-state index contributed by atoms with van der Waals surface area (Å²) in [5, 5.41) is 0.677. The van der Waals surface area contributed by atoms with E-state index in [4.69, 9.17) is 30.5 Å². The smallest absolute Gasteiger partial charge is 0.337 e. The molecule has 0 unspecified atom stereocenters. The number of esters is 1. The van der Waals surface area contributed by atoms with Crippen LogP contribution in [0.2, 0.25) is 5.02 Å². The van der Waals surface area contributed by atoms with Crippen molar-refractivity contribution < 1.29 is 23.7 Å². The lowest BCUT2D eigenvalue weighted by Crippen LogP contribution is -2.39. The molecule has 0 saturated carbocycles. The van der Waals surface area contributed by atoms with Crippen molar-refractivity contribution >= 4 is 35.0 Å². The third-order valence-corrected chi connectivity index (χ3v) is 7.75. The Bertz CT molecular complexity index is 1790. The van der Waals surface area contributed by atoms with Gasteiger partial charge in [-0.25, -0.2) is 9.79 Å². The SMILES string of the molecule is CCOc1ccc([C@@H]2C(C(=O)OC)=CN=c3s/c(=C\c4ccc(OCc5ccc(Cl)cc5)cc4)c(=O)n32)cc1OCC. The van der Waals surface area contributed by atoms with Crippen LogP contribution in [0.25, 0.3) is 6.08 Å². The molecular formula is C32H29ClN2O6S. The van der Waals surface area contributed by atoms with E-state index in [-0.39, 0.29) is 11.1 Å². The highest BCUT2D eigenvalue weighted by Gasteiger charge is 2.31. The monoisotopic (exact) mass is 604 g/mol. The second-order valence-electron chi connectivity index (χ2n) is 9.23. The quantitative estimate of drug-likeness (QED) is 0.236. The van der Waals surface area contributed by atoms with Gasteiger partial charge in [-0.05, 0) is 73.0 Å². The molecule has 1 aliphatic heterocycles. The third kappa shape index (κ3) is 6.27. The van der Waals surface area contributed by atoms with E-state index in [9.17, 15) is 9.59 Å². The molecule has 0 spiro atoms. The number of rotatable bonds is 10. The van der Waals surface area contributed by atoms with Crippen LogP contribution in [0.4, 0.5) is 0 Å². The molecule has 1 aromatic heterocycles. The summed E-state index contributed by atoms with van der Waals surface area (Å²) in [6, 6.07) is 19.6. The van der Waals surface area contributed by atoms with Crippen LogP contribution in [0, 0.1) is 0 Å². The van der Waals surface area contributed by atoms with Crippen molar-refractivity contribution in [3.63, 3.8) is 0 Å². The standard InChI is InChI=1S/C32H29ClN2O6S/c1-4-39-26-15-10-22(17-27(26)40-5-2)29-25(31(37)38-3)18-34-32-35(29)30(36)28(42-32)16-20-8-13-24(14-9-20)41-19-21-6-11-23(33)12-7-21/h6-18,29H,4-5,19H2,1-3H3/b28-16-/t29-/m1/s1. The molecule has 8 nitrogen and oxygen atoms in total. The summed E-state index contributed by atoms with van der Waals surface area (Å²) in [7, 11) is 1.30. The van der Waals surface area contributed by atoms with Crippen molar-refractivity contribution in [1.82, 2.24) is 4.57 Å². The molecule has 0 aliphatic carbocycles. The van der Waals surface area contributed by atoms with Gasteiger partial charge in [-0.3, -0.25) is 9.36 Å². The Labute approximate surface area is 251 Å². The lowest BCUT2D eigenvalue weighted by Gasteiger charge is -2.23. The number of hydrogen-bond donors (Lipinski definition) is 0. The number of nitrogens with zero attached hydrogens (tertiary/aromatic N) is 2. The molecule has 10 heteroatoms. The van der Waals surface area contributed by atoms with Crippen LogP contribution in [0.3, 0.4) is 0 Å². The first kappa shape index (κ1) is 29.2. The second kappa shape index (κ2) is 13.1. The molecule has 0 amide bonds. The zero-order valence-electron chi connectivity index (χ0n) is 23.3. The first-order valence-electron chi connectivity index (χ1n) is 13.4. The topological polar surface area (TPSA) is 88.4 Å². The number of carbonyl (C=O) groups is 1. The van der Waals surface area contributed by atoms with Gasteiger partial charge in [-0.2, -0.15) is 0 Å². The Kier molecular flexibility index (Phi) is 9.09. The fraction of sp³-hybridized carbons (Fsp3) is 0.219. The molecule has 1 aliphatic rings. The van der Waals surface area contributed by atoms with Gasteiger partial charge in [0.1, 0.15) is 12.4 Å². The largest absolute Gasteiger partial charge is 0.490 e. The van der Waals surface area contributed by atoms with E-state index in [1.807, 2.05) is 68.4 Å². The average molecular weight is 605 g/mol. The van der Waals surface area contributed by atoms with Crippen LogP contribution in [0.5, 0.6) is 17.2 Å². The van der Waals surface area contributed by atoms with Crippen molar-refractivity contribution in [3.8, 4) is 17.2 Å². The van der Waals surface area contributed by atoms with Gasteiger partial charge < -0.3 is 18.9 Å². The Morgan fingerprint density at radius 3 is 2.38 bits per heavy atom. The lowest BCUT2D eigenvalue weighted by molar-refractivity contribution is -0.136. The van der Waals surface area contributed by atoms with Crippen molar-refractivity contribution in [2.24, 2.45) is 4.99 Å². The molecule has 42 heavy (non-hydrogen) atoms. The molecule has 4 aromatic rings. The first-order chi connectivity index (χ1) is 20.4. The highest BCUT2D eigenvalue weighted by atomic mass is 35.5. The lowest BCUT2D eigenvalue weighted by atomic mass is 9.97. The van der Waals surface area contributed by atoms with Gasteiger partial charge >= 0.3 is 5.97 Å². The fourth-order valence-electron chi connectivity index (χ4n) is 4.55. The molecular weight excluding hydrogens is 576 g/mol. The fourth-order valence-corrected chi connectivity index (χ4v) is 5.64. The van der Waals surface area contributed by atoms with E-state index in [0.29, 0.717) is 57.0 Å². The molecule has 3 aromatic carbocycles. The van der Waals surface area contributed by atoms with Crippen LogP contribution in [0.15, 0.2) is 88.3 Å². The Balaban J connectivity index is 1.48. The minimum absolute atomic E-state index is 0.241. The van der Waals surface area contributed by atoms with Crippen molar-refractivity contribution in [2.75, 3.05) is 20.3 Å². The van der Waals surface area contributed by atoms with Crippen LogP contribution >= 0.6 is 22.9 Å². The third-order valence-electron chi connectivity index (χ3n) is 6.50. The normalized spacial score (nSPS) is 14.4. The maximum Gasteiger partial charge on any atom is 0.337 e. The molecule has 1 atom stereocenters. The zero-order valence-corrected chi connectivity index (χ0v) is 24.9. The van der Waals surface area contributed by atoms with E-state index < -0.39 is 12.0 Å². The maximum atomic E-state index is 13.8. The van der Waals surface area contributed by atoms with E-state index in [1.165, 1.54) is 29.2 Å². The summed E-state index contributed by atoms with van der Waals surface area (Å²) in [6.07, 6.45) is 3.27. The van der Waals surface area contributed by atoms with Crippen molar-refractivity contribution in [3.05, 3.63) is 120 Å². The number of halogens is 1. The number of carbonyl (C=O) groups excluding carboxylic acids is 1. The van der Waals surface area contributed by atoms with Crippen molar-refractivity contribution in [1.29, 1.82) is 0 Å². The summed E-state index contributed by atoms with van der Waals surface area (Å²) in [5.41, 5.74) is 2.47. The number of methoxy groups -OCH3 is 1. The van der Waals surface area contributed by atoms with Crippen LogP contribution in [-0.4, -0.2) is 30.9 Å². The predicted octanol–water partition coefficient (Wildman–Crippen LogP) is 5.05. The molecule has 0 N–H and O–H groups in total. The van der Waals surface area contributed by atoms with Gasteiger partial charge in [0, 0.05) is 11.2 Å². The summed E-state index contributed by atoms with van der Waals surface area (Å²) in [4.78, 5) is 31.5. The number of hydrogen-bond acceptors (Lipinski definition) is 8. The number of fused-ring (bicyclic) bond motifs is 1. The van der Waals surface area contributed by atoms with Gasteiger partial charge in [0.05, 0.1) is 36.5 Å². The molecule has 2 heterocycles. The minimum Gasteiger partial charge on any atom is -0.490 e. The maximum absolute atomic E-state index is 13.8. The molecule has 0 radical (unpaired) electrons. The van der Waals surface area contributed by atoms with Crippen LogP contribution in [0.1, 0.15) is 36.6 Å². The van der Waals surface area contributed by atoms with Gasteiger partial charge in [-0.1, -0.05) is 53.3 Å². The van der Waals surface area contributed by atoms with Gasteiger partial charge in [0.25, 0.3) is 5.56 Å². The first-order valence-corrected chi connectivity index (χ1v) is 14.6. The molecule has 216 valence electrons.